The molecule has 1 aromatic carbocycles. The van der Waals surface area contributed by atoms with Crippen molar-refractivity contribution < 1.29 is 9.18 Å². The first-order valence-corrected chi connectivity index (χ1v) is 10.7. The van der Waals surface area contributed by atoms with Crippen LogP contribution < -0.4 is 0 Å². The Morgan fingerprint density at radius 1 is 1.23 bits per heavy atom. The van der Waals surface area contributed by atoms with Crippen LogP contribution in [0, 0.1) is 10.6 Å². The number of aromatic nitrogens is 5. The molecule has 1 aliphatic heterocycles. The van der Waals surface area contributed by atoms with Crippen molar-refractivity contribution in [2.24, 2.45) is 0 Å². The van der Waals surface area contributed by atoms with Gasteiger partial charge < -0.3 is 9.47 Å². The van der Waals surface area contributed by atoms with Crippen LogP contribution >= 0.6 is 12.2 Å². The van der Waals surface area contributed by atoms with Crippen molar-refractivity contribution >= 4 is 18.1 Å². The Morgan fingerprint density at radius 2 is 1.93 bits per heavy atom. The average molecular weight is 429 g/mol. The number of nitrogens with one attached hydrogen (secondary N) is 1. The number of rotatable bonds is 5. The zero-order chi connectivity index (χ0) is 21.3. The summed E-state index contributed by atoms with van der Waals surface area (Å²) in [6.45, 7) is 6.16. The molecule has 0 spiro atoms. The van der Waals surface area contributed by atoms with Crippen LogP contribution in [0.1, 0.15) is 54.5 Å². The summed E-state index contributed by atoms with van der Waals surface area (Å²) in [5, 5.41) is 11.7. The lowest BCUT2D eigenvalue weighted by atomic mass is 9.95. The number of carbonyl (C=O) groups is 1. The molecule has 30 heavy (non-hydrogen) atoms. The molecule has 1 amide bonds. The number of halogens is 1. The summed E-state index contributed by atoms with van der Waals surface area (Å²) in [6.07, 6.45) is 3.97. The number of carbonyl (C=O) groups excluding carboxylic acids is 1. The maximum Gasteiger partial charge on any atom is 0.257 e. The topological polar surface area (TPSA) is 71.7 Å². The van der Waals surface area contributed by atoms with Crippen molar-refractivity contribution in [2.45, 2.75) is 45.6 Å². The third-order valence-corrected chi connectivity index (χ3v) is 6.07. The summed E-state index contributed by atoms with van der Waals surface area (Å²) in [4.78, 5) is 15.1. The molecule has 1 saturated heterocycles. The number of amides is 1. The van der Waals surface area contributed by atoms with Crippen LogP contribution in [-0.2, 0) is 13.0 Å². The molecule has 7 nitrogen and oxygen atoms in total. The van der Waals surface area contributed by atoms with E-state index in [1.807, 2.05) is 16.4 Å². The van der Waals surface area contributed by atoms with Gasteiger partial charge in [-0.25, -0.2) is 9.07 Å². The maximum atomic E-state index is 13.3. The van der Waals surface area contributed by atoms with Gasteiger partial charge in [0.05, 0.1) is 23.1 Å². The van der Waals surface area contributed by atoms with E-state index in [0.717, 1.165) is 36.6 Å². The molecule has 3 heterocycles. The molecule has 0 unspecified atom stereocenters. The molecule has 158 valence electrons. The van der Waals surface area contributed by atoms with Crippen molar-refractivity contribution in [3.63, 3.8) is 0 Å². The van der Waals surface area contributed by atoms with Gasteiger partial charge in [-0.05, 0) is 62.7 Å². The molecule has 0 bridgehead atoms. The van der Waals surface area contributed by atoms with Crippen molar-refractivity contribution in [3.8, 4) is 5.69 Å². The van der Waals surface area contributed by atoms with Crippen molar-refractivity contribution in [2.75, 3.05) is 13.1 Å². The van der Waals surface area contributed by atoms with Gasteiger partial charge in [-0.2, -0.15) is 10.2 Å². The number of nitrogens with zero attached hydrogens (tertiary/aromatic N) is 5. The Kier molecular flexibility index (Phi) is 5.80. The zero-order valence-corrected chi connectivity index (χ0v) is 18.0. The van der Waals surface area contributed by atoms with Gasteiger partial charge in [0.15, 0.2) is 4.77 Å². The molecule has 0 radical (unpaired) electrons. The van der Waals surface area contributed by atoms with E-state index in [2.05, 4.69) is 22.2 Å². The van der Waals surface area contributed by atoms with Gasteiger partial charge in [-0.3, -0.25) is 9.89 Å². The Morgan fingerprint density at radius 3 is 2.57 bits per heavy atom. The van der Waals surface area contributed by atoms with E-state index in [-0.39, 0.29) is 17.6 Å². The van der Waals surface area contributed by atoms with Gasteiger partial charge in [0.25, 0.3) is 5.91 Å². The van der Waals surface area contributed by atoms with Gasteiger partial charge in [0.2, 0.25) is 0 Å². The number of hydrogen-bond donors (Lipinski definition) is 1. The quantitative estimate of drug-likeness (QED) is 0.627. The summed E-state index contributed by atoms with van der Waals surface area (Å²) in [5.74, 6) is 0.961. The van der Waals surface area contributed by atoms with Crippen LogP contribution in [0.25, 0.3) is 5.69 Å². The number of hydrogen-bond acceptors (Lipinski definition) is 4. The van der Waals surface area contributed by atoms with E-state index in [9.17, 15) is 9.18 Å². The minimum Gasteiger partial charge on any atom is -0.338 e. The van der Waals surface area contributed by atoms with Crippen molar-refractivity contribution in [1.29, 1.82) is 0 Å². The van der Waals surface area contributed by atoms with Gasteiger partial charge in [-0.15, -0.1) is 0 Å². The lowest BCUT2D eigenvalue weighted by Crippen LogP contribution is -2.38. The highest BCUT2D eigenvalue weighted by Gasteiger charge is 2.29. The number of benzene rings is 1. The molecule has 0 atom stereocenters. The monoisotopic (exact) mass is 428 g/mol. The Bertz CT molecular complexity index is 1090. The first-order valence-electron chi connectivity index (χ1n) is 10.3. The predicted octanol–water partition coefficient (Wildman–Crippen LogP) is 3.87. The van der Waals surface area contributed by atoms with Crippen LogP contribution in [-0.4, -0.2) is 48.4 Å². The number of likely N-dealkylation sites (tertiary alicyclic amines) is 1. The normalized spacial score (nSPS) is 15.0. The minimum absolute atomic E-state index is 0.00647. The maximum absolute atomic E-state index is 13.3. The van der Waals surface area contributed by atoms with Crippen molar-refractivity contribution in [1.82, 2.24) is 29.4 Å². The summed E-state index contributed by atoms with van der Waals surface area (Å²) < 4.78 is 17.7. The number of piperidine rings is 1. The van der Waals surface area contributed by atoms with E-state index in [4.69, 9.17) is 12.2 Å². The molecule has 0 saturated carbocycles. The minimum atomic E-state index is -0.299. The average Bonchev–Trinajstić information content (AvgIpc) is 3.37. The highest BCUT2D eigenvalue weighted by molar-refractivity contribution is 7.71. The molecule has 1 aliphatic rings. The molecule has 0 aliphatic carbocycles. The van der Waals surface area contributed by atoms with Gasteiger partial charge in [0.1, 0.15) is 11.6 Å². The summed E-state index contributed by atoms with van der Waals surface area (Å²) in [5.41, 5.74) is 2.19. The van der Waals surface area contributed by atoms with Crippen LogP contribution in [0.4, 0.5) is 4.39 Å². The van der Waals surface area contributed by atoms with Gasteiger partial charge in [0, 0.05) is 25.6 Å². The fourth-order valence-corrected chi connectivity index (χ4v) is 4.42. The SMILES string of the molecule is CCc1c(C(=O)N2CCC(c3n[nH]c(=S)n3CC)CC2)cnn1-c1ccc(F)cc1. The largest absolute Gasteiger partial charge is 0.338 e. The molecular weight excluding hydrogens is 403 g/mol. The fraction of sp³-hybridized carbons (Fsp3) is 0.429. The third kappa shape index (κ3) is 3.69. The second-order valence-electron chi connectivity index (χ2n) is 7.44. The highest BCUT2D eigenvalue weighted by Crippen LogP contribution is 2.28. The third-order valence-electron chi connectivity index (χ3n) is 5.76. The molecule has 1 N–H and O–H groups in total. The second kappa shape index (κ2) is 8.51. The van der Waals surface area contributed by atoms with Crippen LogP contribution in [0.2, 0.25) is 0 Å². The smallest absolute Gasteiger partial charge is 0.257 e. The van der Waals surface area contributed by atoms with Gasteiger partial charge in [-0.1, -0.05) is 6.92 Å². The summed E-state index contributed by atoms with van der Waals surface area (Å²) in [6, 6.07) is 6.13. The highest BCUT2D eigenvalue weighted by atomic mass is 32.1. The summed E-state index contributed by atoms with van der Waals surface area (Å²) >= 11 is 5.30. The Balaban J connectivity index is 1.50. The second-order valence-corrected chi connectivity index (χ2v) is 7.83. The van der Waals surface area contributed by atoms with Crippen LogP contribution in [0.15, 0.2) is 30.5 Å². The Hall–Kier alpha value is -2.81. The van der Waals surface area contributed by atoms with E-state index in [1.54, 1.807) is 23.0 Å². The zero-order valence-electron chi connectivity index (χ0n) is 17.1. The standard InChI is InChI=1S/C21H25FN6OS/c1-3-18-17(13-23-28(18)16-7-5-15(22)6-8-16)20(29)26-11-9-14(10-12-26)19-24-25-21(30)27(19)4-2/h5-8,13-14H,3-4,9-12H2,1-2H3,(H,25,30). The molecule has 2 aromatic heterocycles. The predicted molar refractivity (Wildman–Crippen MR) is 114 cm³/mol. The van der Waals surface area contributed by atoms with E-state index in [0.29, 0.717) is 29.8 Å². The number of aromatic amines is 1. The van der Waals surface area contributed by atoms with E-state index >= 15 is 0 Å². The first kappa shape index (κ1) is 20.5. The van der Waals surface area contributed by atoms with Gasteiger partial charge >= 0.3 is 0 Å². The van der Waals surface area contributed by atoms with Crippen molar-refractivity contribution in [3.05, 3.63) is 58.1 Å². The van der Waals surface area contributed by atoms with E-state index in [1.165, 1.54) is 12.1 Å². The molecule has 1 fully saturated rings. The van der Waals surface area contributed by atoms with Crippen LogP contribution in [0.3, 0.4) is 0 Å². The van der Waals surface area contributed by atoms with Crippen LogP contribution in [0.5, 0.6) is 0 Å². The lowest BCUT2D eigenvalue weighted by molar-refractivity contribution is 0.0709. The fourth-order valence-electron chi connectivity index (χ4n) is 4.16. The molecule has 9 heteroatoms. The molecule has 3 aromatic rings. The number of H-pyrrole nitrogens is 1. The molecule has 4 rings (SSSR count). The molecular formula is C21H25FN6OS. The van der Waals surface area contributed by atoms with E-state index < -0.39 is 0 Å². The Labute approximate surface area is 179 Å². The first-order chi connectivity index (χ1) is 14.5. The summed E-state index contributed by atoms with van der Waals surface area (Å²) in [7, 11) is 0. The lowest BCUT2D eigenvalue weighted by Gasteiger charge is -2.31.